The SMILES string of the molecule is N#Cc1c2n(c(=O)n(CCOc3ccccc3)c1=O)CCCCC2. The van der Waals surface area contributed by atoms with E-state index in [2.05, 4.69) is 0 Å². The molecule has 0 spiro atoms. The highest BCUT2D eigenvalue weighted by Gasteiger charge is 2.20. The Balaban J connectivity index is 1.91. The second kappa shape index (κ2) is 7.18. The number of para-hydroxylation sites is 1. The molecule has 0 saturated heterocycles. The van der Waals surface area contributed by atoms with Crippen molar-refractivity contribution >= 4 is 0 Å². The van der Waals surface area contributed by atoms with Crippen molar-refractivity contribution in [2.45, 2.75) is 38.8 Å². The number of nitrogens with zero attached hydrogens (tertiary/aromatic N) is 3. The van der Waals surface area contributed by atoms with Crippen molar-refractivity contribution in [1.29, 1.82) is 5.26 Å². The highest BCUT2D eigenvalue weighted by Crippen LogP contribution is 2.14. The maximum atomic E-state index is 12.7. The zero-order valence-corrected chi connectivity index (χ0v) is 13.4. The van der Waals surface area contributed by atoms with Crippen LogP contribution in [0.3, 0.4) is 0 Å². The molecular weight excluding hydrogens is 306 g/mol. The number of ether oxygens (including phenoxy) is 1. The van der Waals surface area contributed by atoms with Crippen LogP contribution < -0.4 is 16.0 Å². The van der Waals surface area contributed by atoms with Gasteiger partial charge in [-0.3, -0.25) is 13.9 Å². The topological polar surface area (TPSA) is 77.0 Å². The van der Waals surface area contributed by atoms with E-state index in [1.807, 2.05) is 36.4 Å². The summed E-state index contributed by atoms with van der Waals surface area (Å²) in [6, 6.07) is 11.2. The lowest BCUT2D eigenvalue weighted by molar-refractivity contribution is 0.291. The number of fused-ring (bicyclic) bond motifs is 1. The molecule has 0 fully saturated rings. The van der Waals surface area contributed by atoms with Crippen LogP contribution in [0.2, 0.25) is 0 Å². The Labute approximate surface area is 139 Å². The van der Waals surface area contributed by atoms with Crippen molar-refractivity contribution in [1.82, 2.24) is 9.13 Å². The number of benzene rings is 1. The summed E-state index contributed by atoms with van der Waals surface area (Å²) in [5.41, 5.74) is -0.165. The van der Waals surface area contributed by atoms with E-state index in [9.17, 15) is 14.9 Å². The number of nitriles is 1. The van der Waals surface area contributed by atoms with Crippen LogP contribution in [0.5, 0.6) is 5.75 Å². The molecule has 0 bridgehead atoms. The minimum absolute atomic E-state index is 0.0937. The minimum Gasteiger partial charge on any atom is -0.492 e. The highest BCUT2D eigenvalue weighted by molar-refractivity contribution is 5.32. The van der Waals surface area contributed by atoms with Gasteiger partial charge >= 0.3 is 5.69 Å². The lowest BCUT2D eigenvalue weighted by Crippen LogP contribution is -2.44. The largest absolute Gasteiger partial charge is 0.492 e. The summed E-state index contributed by atoms with van der Waals surface area (Å²) in [6.45, 7) is 0.883. The van der Waals surface area contributed by atoms with E-state index in [4.69, 9.17) is 4.74 Å². The molecule has 2 aromatic rings. The predicted octanol–water partition coefficient (Wildman–Crippen LogP) is 1.69. The second-order valence-corrected chi connectivity index (χ2v) is 5.80. The van der Waals surface area contributed by atoms with E-state index in [-0.39, 0.29) is 24.4 Å². The van der Waals surface area contributed by atoms with Gasteiger partial charge in [0.2, 0.25) is 0 Å². The molecule has 1 aliphatic rings. The molecule has 0 radical (unpaired) electrons. The third kappa shape index (κ3) is 3.11. The van der Waals surface area contributed by atoms with Crippen LogP contribution in [0.1, 0.15) is 30.5 Å². The van der Waals surface area contributed by atoms with Gasteiger partial charge in [0.25, 0.3) is 5.56 Å². The quantitative estimate of drug-likeness (QED) is 0.857. The standard InChI is InChI=1S/C18H19N3O3/c19-13-15-16-9-5-2-6-10-20(16)18(23)21(17(15)22)11-12-24-14-7-3-1-4-8-14/h1,3-4,7-8H,2,5-6,9-12H2. The molecule has 1 aliphatic heterocycles. The Kier molecular flexibility index (Phi) is 4.80. The molecule has 0 atom stereocenters. The van der Waals surface area contributed by atoms with Gasteiger partial charge in [0.05, 0.1) is 6.54 Å². The molecule has 0 N–H and O–H groups in total. The van der Waals surface area contributed by atoms with Gasteiger partial charge in [-0.05, 0) is 31.4 Å². The monoisotopic (exact) mass is 325 g/mol. The van der Waals surface area contributed by atoms with Gasteiger partial charge in [0, 0.05) is 12.2 Å². The molecule has 3 rings (SSSR count). The fourth-order valence-corrected chi connectivity index (χ4v) is 3.05. The molecular formula is C18H19N3O3. The van der Waals surface area contributed by atoms with Crippen LogP contribution in [0.25, 0.3) is 0 Å². The normalized spacial score (nSPS) is 13.6. The Hall–Kier alpha value is -2.81. The lowest BCUT2D eigenvalue weighted by Gasteiger charge is -2.14. The molecule has 0 saturated carbocycles. The first-order valence-corrected chi connectivity index (χ1v) is 8.17. The first-order valence-electron chi connectivity index (χ1n) is 8.17. The van der Waals surface area contributed by atoms with Crippen LogP contribution >= 0.6 is 0 Å². The third-order valence-corrected chi connectivity index (χ3v) is 4.27. The maximum absolute atomic E-state index is 12.7. The van der Waals surface area contributed by atoms with Gasteiger partial charge in [0.15, 0.2) is 0 Å². The molecule has 6 heteroatoms. The minimum atomic E-state index is -0.507. The zero-order chi connectivity index (χ0) is 16.9. The van der Waals surface area contributed by atoms with Crippen LogP contribution in [0.4, 0.5) is 0 Å². The van der Waals surface area contributed by atoms with Crippen molar-refractivity contribution in [3.8, 4) is 11.8 Å². The smallest absolute Gasteiger partial charge is 0.331 e. The van der Waals surface area contributed by atoms with E-state index in [0.29, 0.717) is 24.4 Å². The summed E-state index contributed by atoms with van der Waals surface area (Å²) in [7, 11) is 0. The Morgan fingerprint density at radius 3 is 2.67 bits per heavy atom. The molecule has 1 aromatic carbocycles. The third-order valence-electron chi connectivity index (χ3n) is 4.27. The molecule has 124 valence electrons. The Morgan fingerprint density at radius 2 is 1.92 bits per heavy atom. The first-order chi connectivity index (χ1) is 11.7. The molecule has 0 amide bonds. The van der Waals surface area contributed by atoms with Gasteiger partial charge in [-0.25, -0.2) is 4.79 Å². The Morgan fingerprint density at radius 1 is 1.12 bits per heavy atom. The molecule has 6 nitrogen and oxygen atoms in total. The van der Waals surface area contributed by atoms with Gasteiger partial charge in [-0.1, -0.05) is 24.6 Å². The molecule has 2 heterocycles. The number of hydrogen-bond donors (Lipinski definition) is 0. The fraction of sp³-hybridized carbons (Fsp3) is 0.389. The molecule has 0 aliphatic carbocycles. The molecule has 1 aromatic heterocycles. The summed E-state index contributed by atoms with van der Waals surface area (Å²) in [6.07, 6.45) is 3.39. The average Bonchev–Trinajstić information content (AvgIpc) is 2.85. The van der Waals surface area contributed by atoms with Gasteiger partial charge in [-0.15, -0.1) is 0 Å². The van der Waals surface area contributed by atoms with Crippen LogP contribution in [0, 0.1) is 11.3 Å². The van der Waals surface area contributed by atoms with Crippen molar-refractivity contribution < 1.29 is 4.74 Å². The summed E-state index contributed by atoms with van der Waals surface area (Å²) in [4.78, 5) is 25.2. The fourth-order valence-electron chi connectivity index (χ4n) is 3.05. The van der Waals surface area contributed by atoms with Gasteiger partial charge in [-0.2, -0.15) is 5.26 Å². The summed E-state index contributed by atoms with van der Waals surface area (Å²) in [5, 5.41) is 9.38. The number of aromatic nitrogens is 2. The zero-order valence-electron chi connectivity index (χ0n) is 13.4. The van der Waals surface area contributed by atoms with Crippen LogP contribution in [-0.2, 0) is 19.5 Å². The van der Waals surface area contributed by atoms with Crippen molar-refractivity contribution in [2.24, 2.45) is 0 Å². The predicted molar refractivity (Wildman–Crippen MR) is 89.2 cm³/mol. The van der Waals surface area contributed by atoms with E-state index < -0.39 is 5.56 Å². The Bertz CT molecular complexity index is 875. The molecule has 0 unspecified atom stereocenters. The van der Waals surface area contributed by atoms with Crippen LogP contribution in [0.15, 0.2) is 39.9 Å². The van der Waals surface area contributed by atoms with E-state index in [1.54, 1.807) is 4.57 Å². The summed E-state index contributed by atoms with van der Waals surface area (Å²) < 4.78 is 8.29. The number of rotatable bonds is 4. The maximum Gasteiger partial charge on any atom is 0.331 e. The summed E-state index contributed by atoms with van der Waals surface area (Å²) in [5.74, 6) is 0.681. The van der Waals surface area contributed by atoms with E-state index in [0.717, 1.165) is 23.8 Å². The van der Waals surface area contributed by atoms with E-state index >= 15 is 0 Å². The number of hydrogen-bond acceptors (Lipinski definition) is 4. The summed E-state index contributed by atoms with van der Waals surface area (Å²) >= 11 is 0. The first kappa shape index (κ1) is 16.1. The highest BCUT2D eigenvalue weighted by atomic mass is 16.5. The van der Waals surface area contributed by atoms with E-state index in [1.165, 1.54) is 0 Å². The van der Waals surface area contributed by atoms with Crippen molar-refractivity contribution in [3.05, 3.63) is 62.4 Å². The van der Waals surface area contributed by atoms with Crippen LogP contribution in [-0.4, -0.2) is 15.7 Å². The average molecular weight is 325 g/mol. The van der Waals surface area contributed by atoms with Gasteiger partial charge in [0.1, 0.15) is 24.0 Å². The van der Waals surface area contributed by atoms with Gasteiger partial charge < -0.3 is 4.74 Å². The lowest BCUT2D eigenvalue weighted by atomic mass is 10.1. The molecule has 24 heavy (non-hydrogen) atoms. The van der Waals surface area contributed by atoms with Crippen molar-refractivity contribution in [2.75, 3.05) is 6.61 Å². The van der Waals surface area contributed by atoms with Crippen molar-refractivity contribution in [3.63, 3.8) is 0 Å². The second-order valence-electron chi connectivity index (χ2n) is 5.80.